The second kappa shape index (κ2) is 12.6. The van der Waals surface area contributed by atoms with Crippen molar-refractivity contribution >= 4 is 49.8 Å². The fourth-order valence-electron chi connectivity index (χ4n) is 11.7. The molecule has 1 spiro atoms. The number of rotatable bonds is 5. The predicted molar refractivity (Wildman–Crippen MR) is 234 cm³/mol. The first-order valence-corrected chi connectivity index (χ1v) is 20.6. The maximum atomic E-state index is 6.56. The Bertz CT molecular complexity index is 2820. The molecule has 0 N–H and O–H groups in total. The number of allylic oxidation sites excluding steroid dienone is 1. The lowest BCUT2D eigenvalue weighted by molar-refractivity contribution is 0.0569. The van der Waals surface area contributed by atoms with E-state index in [4.69, 9.17) is 4.42 Å². The Hall–Kier alpha value is -5.86. The van der Waals surface area contributed by atoms with Crippen LogP contribution >= 0.6 is 0 Å². The third-order valence-electron chi connectivity index (χ3n) is 14.1. The van der Waals surface area contributed by atoms with E-state index in [0.29, 0.717) is 17.8 Å². The molecule has 2 heteroatoms. The van der Waals surface area contributed by atoms with Gasteiger partial charge in [-0.15, -0.1) is 6.58 Å². The summed E-state index contributed by atoms with van der Waals surface area (Å²) in [6.45, 7) is 9.23. The van der Waals surface area contributed by atoms with E-state index in [1.165, 1.54) is 59.7 Å². The van der Waals surface area contributed by atoms with Crippen molar-refractivity contribution in [3.8, 4) is 11.1 Å². The summed E-state index contributed by atoms with van der Waals surface area (Å²) in [4.78, 5) is 2.50. The van der Waals surface area contributed by atoms with Crippen LogP contribution in [0.1, 0.15) is 68.2 Å². The van der Waals surface area contributed by atoms with Gasteiger partial charge in [-0.1, -0.05) is 136 Å². The summed E-state index contributed by atoms with van der Waals surface area (Å²) in [6, 6.07) is 56.6. The van der Waals surface area contributed by atoms with Gasteiger partial charge in [0.1, 0.15) is 11.2 Å². The van der Waals surface area contributed by atoms with Crippen LogP contribution in [0.5, 0.6) is 0 Å². The standard InChI is InChI=1S/C54H47NO/c1-4-35-30-39-17-12-18-40(31-35)54(39)49-24-9-8-23-47(49)53(2,3)48-29-28-43(34-50(48)54)55(42-27-26-36-14-5-6-15-37(36)32-42)41-19-11-16-38(33-41)44-21-13-22-46-45-20-7-10-25-51(45)56-52(44)46/h4-11,13-16,19-29,32-35,39-40H,1,12,17-18,30-31H2,2-3H3/t35-,39-,40+,54?. The Kier molecular flexibility index (Phi) is 7.52. The molecule has 0 radical (unpaired) electrons. The van der Waals surface area contributed by atoms with Crippen LogP contribution in [-0.4, -0.2) is 0 Å². The zero-order valence-electron chi connectivity index (χ0n) is 32.3. The molecule has 11 rings (SSSR count). The Morgan fingerprint density at radius 2 is 1.25 bits per heavy atom. The number of nitrogens with zero attached hydrogens (tertiary/aromatic N) is 1. The van der Waals surface area contributed by atoms with E-state index in [0.717, 1.165) is 44.4 Å². The van der Waals surface area contributed by atoms with Gasteiger partial charge < -0.3 is 9.32 Å². The maximum absolute atomic E-state index is 6.56. The molecule has 1 unspecified atom stereocenters. The lowest BCUT2D eigenvalue weighted by Gasteiger charge is -2.60. The summed E-state index contributed by atoms with van der Waals surface area (Å²) in [6.07, 6.45) is 8.53. The molecule has 2 fully saturated rings. The highest BCUT2D eigenvalue weighted by Crippen LogP contribution is 2.65. The fourth-order valence-corrected chi connectivity index (χ4v) is 11.7. The average molecular weight is 726 g/mol. The van der Waals surface area contributed by atoms with Crippen LogP contribution in [-0.2, 0) is 10.8 Å². The number of anilines is 3. The van der Waals surface area contributed by atoms with Crippen molar-refractivity contribution < 1.29 is 4.42 Å². The third kappa shape index (κ3) is 4.81. The molecule has 0 aliphatic heterocycles. The first-order chi connectivity index (χ1) is 27.4. The SMILES string of the molecule is C=C[C@@H]1C[C@H]2CCC[C@@H](C1)C21c2ccccc2C(C)(C)c2ccc(N(c3cccc(-c4cccc5c4oc4ccccc45)c3)c3ccc4ccccc4c3)cc21. The molecular formula is C54H47NO. The zero-order valence-corrected chi connectivity index (χ0v) is 32.3. The van der Waals surface area contributed by atoms with Crippen LogP contribution < -0.4 is 4.90 Å². The minimum Gasteiger partial charge on any atom is -0.455 e. The number of hydrogen-bond acceptors (Lipinski definition) is 2. The molecule has 8 aromatic rings. The van der Waals surface area contributed by atoms with Crippen LogP contribution in [0.4, 0.5) is 17.1 Å². The fraction of sp³-hybridized carbons (Fsp3) is 0.222. The molecule has 4 atom stereocenters. The van der Waals surface area contributed by atoms with Gasteiger partial charge in [-0.3, -0.25) is 0 Å². The highest BCUT2D eigenvalue weighted by Gasteiger charge is 2.58. The maximum Gasteiger partial charge on any atom is 0.143 e. The van der Waals surface area contributed by atoms with Gasteiger partial charge >= 0.3 is 0 Å². The van der Waals surface area contributed by atoms with Crippen LogP contribution in [0.15, 0.2) is 169 Å². The van der Waals surface area contributed by atoms with Crippen molar-refractivity contribution in [3.63, 3.8) is 0 Å². The van der Waals surface area contributed by atoms with Gasteiger partial charge in [0.15, 0.2) is 0 Å². The van der Waals surface area contributed by atoms with Crippen molar-refractivity contribution in [3.05, 3.63) is 187 Å². The molecule has 3 aliphatic carbocycles. The van der Waals surface area contributed by atoms with Crippen molar-refractivity contribution in [2.45, 2.75) is 56.8 Å². The normalized spacial score (nSPS) is 22.2. The largest absolute Gasteiger partial charge is 0.455 e. The van der Waals surface area contributed by atoms with E-state index < -0.39 is 0 Å². The predicted octanol–water partition coefficient (Wildman–Crippen LogP) is 14.8. The molecule has 3 aliphatic rings. The average Bonchev–Trinajstić information content (AvgIpc) is 3.62. The van der Waals surface area contributed by atoms with Crippen LogP contribution in [0.25, 0.3) is 43.8 Å². The highest BCUT2D eigenvalue weighted by molar-refractivity contribution is 6.09. The van der Waals surface area contributed by atoms with E-state index in [1.807, 2.05) is 6.07 Å². The topological polar surface area (TPSA) is 16.4 Å². The van der Waals surface area contributed by atoms with Crippen molar-refractivity contribution in [2.24, 2.45) is 17.8 Å². The monoisotopic (exact) mass is 725 g/mol. The zero-order chi connectivity index (χ0) is 37.6. The summed E-state index contributed by atoms with van der Waals surface area (Å²) >= 11 is 0. The van der Waals surface area contributed by atoms with E-state index >= 15 is 0 Å². The number of hydrogen-bond donors (Lipinski definition) is 0. The molecule has 1 aromatic heterocycles. The smallest absolute Gasteiger partial charge is 0.143 e. The Morgan fingerprint density at radius 3 is 2.09 bits per heavy atom. The second-order valence-electron chi connectivity index (χ2n) is 17.3. The summed E-state index contributed by atoms with van der Waals surface area (Å²) in [7, 11) is 0. The minimum atomic E-state index is -0.113. The van der Waals surface area contributed by atoms with E-state index in [1.54, 1.807) is 11.1 Å². The summed E-state index contributed by atoms with van der Waals surface area (Å²) in [5.41, 5.74) is 13.6. The number of benzene rings is 7. The Labute approximate surface area is 330 Å². The summed E-state index contributed by atoms with van der Waals surface area (Å²) < 4.78 is 6.56. The van der Waals surface area contributed by atoms with Crippen molar-refractivity contribution in [2.75, 3.05) is 4.90 Å². The Morgan fingerprint density at radius 1 is 0.589 bits per heavy atom. The van der Waals surface area contributed by atoms with Gasteiger partial charge in [-0.2, -0.15) is 0 Å². The van der Waals surface area contributed by atoms with Gasteiger partial charge in [-0.05, 0) is 124 Å². The van der Waals surface area contributed by atoms with Crippen molar-refractivity contribution in [1.82, 2.24) is 0 Å². The van der Waals surface area contributed by atoms with Crippen LogP contribution in [0, 0.1) is 17.8 Å². The lowest BCUT2D eigenvalue weighted by atomic mass is 9.43. The summed E-state index contributed by atoms with van der Waals surface area (Å²) in [5, 5.41) is 4.78. The number of furan rings is 1. The molecule has 274 valence electrons. The first kappa shape index (κ1) is 33.5. The molecule has 2 bridgehead atoms. The first-order valence-electron chi connectivity index (χ1n) is 20.6. The molecular weight excluding hydrogens is 679 g/mol. The molecule has 2 nitrogen and oxygen atoms in total. The van der Waals surface area contributed by atoms with E-state index in [9.17, 15) is 0 Å². The van der Waals surface area contributed by atoms with E-state index in [-0.39, 0.29) is 10.8 Å². The second-order valence-corrected chi connectivity index (χ2v) is 17.3. The van der Waals surface area contributed by atoms with Gasteiger partial charge in [-0.25, -0.2) is 0 Å². The molecule has 56 heavy (non-hydrogen) atoms. The van der Waals surface area contributed by atoms with Gasteiger partial charge in [0.2, 0.25) is 0 Å². The third-order valence-corrected chi connectivity index (χ3v) is 14.1. The molecule has 7 aromatic carbocycles. The molecule has 0 amide bonds. The minimum absolute atomic E-state index is 0.0247. The Balaban J connectivity index is 1.14. The molecule has 1 heterocycles. The molecule has 2 saturated carbocycles. The quantitative estimate of drug-likeness (QED) is 0.164. The van der Waals surface area contributed by atoms with Gasteiger partial charge in [0.25, 0.3) is 0 Å². The van der Waals surface area contributed by atoms with Crippen molar-refractivity contribution in [1.29, 1.82) is 0 Å². The summed E-state index contributed by atoms with van der Waals surface area (Å²) in [5.74, 6) is 1.73. The van der Waals surface area contributed by atoms with Gasteiger partial charge in [0, 0.05) is 44.2 Å². The van der Waals surface area contributed by atoms with Gasteiger partial charge in [0.05, 0.1) is 0 Å². The molecule has 0 saturated heterocycles. The highest BCUT2D eigenvalue weighted by atomic mass is 16.3. The lowest BCUT2D eigenvalue weighted by Crippen LogP contribution is -2.54. The number of para-hydroxylation sites is 2. The van der Waals surface area contributed by atoms with Crippen LogP contribution in [0.2, 0.25) is 0 Å². The number of fused-ring (bicyclic) bond motifs is 6. The van der Waals surface area contributed by atoms with E-state index in [2.05, 4.69) is 177 Å². The van der Waals surface area contributed by atoms with Crippen LogP contribution in [0.3, 0.4) is 0 Å².